The zero-order chi connectivity index (χ0) is 17.4. The van der Waals surface area contributed by atoms with Crippen LogP contribution in [0.5, 0.6) is 0 Å². The third-order valence-electron chi connectivity index (χ3n) is 3.63. The van der Waals surface area contributed by atoms with E-state index in [1.54, 1.807) is 30.3 Å². The summed E-state index contributed by atoms with van der Waals surface area (Å²) < 4.78 is 0. The van der Waals surface area contributed by atoms with Crippen LogP contribution in [-0.4, -0.2) is 29.2 Å². The summed E-state index contributed by atoms with van der Waals surface area (Å²) in [5.74, 6) is -1.44. The van der Waals surface area contributed by atoms with Gasteiger partial charge in [0, 0.05) is 5.69 Å². The Hall–Kier alpha value is -2.37. The number of aryl methyl sites for hydroxylation is 1. The average molecular weight is 363 g/mol. The number of carbonyl (C=O) groups is 3. The molecule has 1 aliphatic rings. The Morgan fingerprint density at radius 1 is 1.00 bits per heavy atom. The fourth-order valence-electron chi connectivity index (χ4n) is 2.47. The van der Waals surface area contributed by atoms with Crippen LogP contribution in [0.1, 0.15) is 26.3 Å². The van der Waals surface area contributed by atoms with E-state index in [-0.39, 0.29) is 6.54 Å². The minimum atomic E-state index is -0.500. The van der Waals surface area contributed by atoms with Crippen LogP contribution in [0, 0.1) is 6.92 Å². The predicted octanol–water partition coefficient (Wildman–Crippen LogP) is 3.54. The van der Waals surface area contributed by atoms with E-state index < -0.39 is 17.7 Å². The van der Waals surface area contributed by atoms with Crippen molar-refractivity contribution >= 4 is 46.6 Å². The molecule has 1 aliphatic heterocycles. The topological polar surface area (TPSA) is 66.5 Å². The number of benzene rings is 2. The maximum Gasteiger partial charge on any atom is 0.262 e. The summed E-state index contributed by atoms with van der Waals surface area (Å²) in [6, 6.07) is 9.62. The van der Waals surface area contributed by atoms with Crippen LogP contribution in [-0.2, 0) is 4.79 Å². The number of halogens is 2. The molecule has 0 bridgehead atoms. The molecule has 122 valence electrons. The van der Waals surface area contributed by atoms with Crippen LogP contribution in [0.15, 0.2) is 36.4 Å². The standard InChI is InChI=1S/C17H12Cl2N2O3/c1-9-2-4-11-12(6-9)17(24)21(16(11)23)8-15(22)20-10-3-5-13(18)14(19)7-10/h2-7H,8H2,1H3,(H,20,22). The summed E-state index contributed by atoms with van der Waals surface area (Å²) in [5, 5.41) is 3.25. The number of hydrogen-bond acceptors (Lipinski definition) is 3. The fraction of sp³-hybridized carbons (Fsp3) is 0.118. The van der Waals surface area contributed by atoms with Crippen LogP contribution in [0.4, 0.5) is 5.69 Å². The number of anilines is 1. The maximum atomic E-state index is 12.3. The number of imide groups is 1. The van der Waals surface area contributed by atoms with Gasteiger partial charge in [-0.15, -0.1) is 0 Å². The minimum absolute atomic E-state index is 0.297. The van der Waals surface area contributed by atoms with Gasteiger partial charge in [-0.1, -0.05) is 34.8 Å². The molecule has 2 aromatic rings. The highest BCUT2D eigenvalue weighted by atomic mass is 35.5. The monoisotopic (exact) mass is 362 g/mol. The quantitative estimate of drug-likeness (QED) is 0.849. The Balaban J connectivity index is 1.74. The second kappa shape index (κ2) is 6.26. The molecule has 0 radical (unpaired) electrons. The van der Waals surface area contributed by atoms with E-state index in [1.807, 2.05) is 6.92 Å². The van der Waals surface area contributed by atoms with Crippen molar-refractivity contribution < 1.29 is 14.4 Å². The van der Waals surface area contributed by atoms with Gasteiger partial charge in [0.05, 0.1) is 21.2 Å². The lowest BCUT2D eigenvalue weighted by Gasteiger charge is -2.13. The molecule has 24 heavy (non-hydrogen) atoms. The van der Waals surface area contributed by atoms with E-state index >= 15 is 0 Å². The number of carbonyl (C=O) groups excluding carboxylic acids is 3. The smallest absolute Gasteiger partial charge is 0.262 e. The molecule has 0 unspecified atom stereocenters. The Bertz CT molecular complexity index is 880. The second-order valence-electron chi connectivity index (χ2n) is 5.42. The van der Waals surface area contributed by atoms with Crippen molar-refractivity contribution in [1.82, 2.24) is 4.90 Å². The van der Waals surface area contributed by atoms with Gasteiger partial charge in [-0.2, -0.15) is 0 Å². The summed E-state index contributed by atoms with van der Waals surface area (Å²) >= 11 is 11.7. The van der Waals surface area contributed by atoms with E-state index in [2.05, 4.69) is 5.32 Å². The van der Waals surface area contributed by atoms with Crippen LogP contribution in [0.3, 0.4) is 0 Å². The van der Waals surface area contributed by atoms with E-state index in [0.717, 1.165) is 10.5 Å². The molecule has 5 nitrogen and oxygen atoms in total. The zero-order valence-electron chi connectivity index (χ0n) is 12.6. The molecule has 1 N–H and O–H groups in total. The molecule has 3 amide bonds. The predicted molar refractivity (Wildman–Crippen MR) is 91.6 cm³/mol. The number of amides is 3. The van der Waals surface area contributed by atoms with E-state index in [9.17, 15) is 14.4 Å². The van der Waals surface area contributed by atoms with Crippen molar-refractivity contribution in [3.05, 3.63) is 63.1 Å². The first-order valence-corrected chi connectivity index (χ1v) is 7.84. The van der Waals surface area contributed by atoms with Crippen molar-refractivity contribution in [2.24, 2.45) is 0 Å². The molecule has 7 heteroatoms. The highest BCUT2D eigenvalue weighted by Crippen LogP contribution is 2.26. The molecule has 2 aromatic carbocycles. The van der Waals surface area contributed by atoms with Crippen molar-refractivity contribution in [3.8, 4) is 0 Å². The van der Waals surface area contributed by atoms with Gasteiger partial charge in [0.15, 0.2) is 0 Å². The van der Waals surface area contributed by atoms with Gasteiger partial charge in [0.1, 0.15) is 6.54 Å². The molecule has 0 aromatic heterocycles. The summed E-state index contributed by atoms with van der Waals surface area (Å²) in [4.78, 5) is 37.7. The number of nitrogens with zero attached hydrogens (tertiary/aromatic N) is 1. The lowest BCUT2D eigenvalue weighted by molar-refractivity contribution is -0.116. The Labute approximate surface area is 148 Å². The molecule has 0 aliphatic carbocycles. The van der Waals surface area contributed by atoms with Crippen LogP contribution >= 0.6 is 23.2 Å². The summed E-state index contributed by atoms with van der Waals surface area (Å²) in [6.07, 6.45) is 0. The molecule has 3 rings (SSSR count). The van der Waals surface area contributed by atoms with E-state index in [0.29, 0.717) is 26.9 Å². The number of rotatable bonds is 3. The van der Waals surface area contributed by atoms with Crippen molar-refractivity contribution in [1.29, 1.82) is 0 Å². The average Bonchev–Trinajstić information content (AvgIpc) is 2.75. The molecule has 0 atom stereocenters. The third kappa shape index (κ3) is 3.00. The number of nitrogens with one attached hydrogen (secondary N) is 1. The summed E-state index contributed by atoms with van der Waals surface area (Å²) in [5.41, 5.74) is 1.94. The highest BCUT2D eigenvalue weighted by Gasteiger charge is 2.36. The normalized spacial score (nSPS) is 13.2. The fourth-order valence-corrected chi connectivity index (χ4v) is 2.76. The zero-order valence-corrected chi connectivity index (χ0v) is 14.1. The molecule has 0 spiro atoms. The van der Waals surface area contributed by atoms with Gasteiger partial charge >= 0.3 is 0 Å². The first-order chi connectivity index (χ1) is 11.4. The Morgan fingerprint density at radius 3 is 2.42 bits per heavy atom. The van der Waals surface area contributed by atoms with Gasteiger partial charge in [-0.25, -0.2) is 0 Å². The van der Waals surface area contributed by atoms with Crippen molar-refractivity contribution in [2.45, 2.75) is 6.92 Å². The molecular formula is C17H12Cl2N2O3. The first-order valence-electron chi connectivity index (χ1n) is 7.08. The number of fused-ring (bicyclic) bond motifs is 1. The van der Waals surface area contributed by atoms with Gasteiger partial charge in [0.25, 0.3) is 11.8 Å². The van der Waals surface area contributed by atoms with Gasteiger partial charge in [-0.05, 0) is 37.3 Å². The molecule has 0 saturated carbocycles. The lowest BCUT2D eigenvalue weighted by Crippen LogP contribution is -2.37. The largest absolute Gasteiger partial charge is 0.324 e. The van der Waals surface area contributed by atoms with Gasteiger partial charge < -0.3 is 5.32 Å². The molecular weight excluding hydrogens is 351 g/mol. The molecule has 1 heterocycles. The first kappa shape index (κ1) is 16.5. The van der Waals surface area contributed by atoms with Crippen molar-refractivity contribution in [3.63, 3.8) is 0 Å². The highest BCUT2D eigenvalue weighted by molar-refractivity contribution is 6.42. The number of hydrogen-bond donors (Lipinski definition) is 1. The van der Waals surface area contributed by atoms with E-state index in [1.165, 1.54) is 6.07 Å². The van der Waals surface area contributed by atoms with Gasteiger partial charge in [0.2, 0.25) is 5.91 Å². The Kier molecular flexibility index (Phi) is 4.30. The Morgan fingerprint density at radius 2 is 1.71 bits per heavy atom. The summed E-state index contributed by atoms with van der Waals surface area (Å²) in [6.45, 7) is 1.46. The van der Waals surface area contributed by atoms with Crippen LogP contribution < -0.4 is 5.32 Å². The minimum Gasteiger partial charge on any atom is -0.324 e. The van der Waals surface area contributed by atoms with E-state index in [4.69, 9.17) is 23.2 Å². The summed E-state index contributed by atoms with van der Waals surface area (Å²) in [7, 11) is 0. The second-order valence-corrected chi connectivity index (χ2v) is 6.24. The third-order valence-corrected chi connectivity index (χ3v) is 4.37. The maximum absolute atomic E-state index is 12.3. The lowest BCUT2D eigenvalue weighted by atomic mass is 10.1. The molecule has 0 fully saturated rings. The van der Waals surface area contributed by atoms with Crippen molar-refractivity contribution in [2.75, 3.05) is 11.9 Å². The van der Waals surface area contributed by atoms with Gasteiger partial charge in [-0.3, -0.25) is 19.3 Å². The SMILES string of the molecule is Cc1ccc2c(c1)C(=O)N(CC(=O)Nc1ccc(Cl)c(Cl)c1)C2=O. The van der Waals surface area contributed by atoms with Crippen LogP contribution in [0.25, 0.3) is 0 Å². The van der Waals surface area contributed by atoms with Crippen LogP contribution in [0.2, 0.25) is 10.0 Å². The molecule has 0 saturated heterocycles.